The van der Waals surface area contributed by atoms with Gasteiger partial charge in [-0.15, -0.1) is 10.2 Å². The lowest BCUT2D eigenvalue weighted by Gasteiger charge is -2.00. The molecule has 0 atom stereocenters. The zero-order valence-corrected chi connectivity index (χ0v) is 14.3. The van der Waals surface area contributed by atoms with Crippen LogP contribution in [0.25, 0.3) is 11.5 Å². The van der Waals surface area contributed by atoms with Gasteiger partial charge in [0.15, 0.2) is 0 Å². The highest BCUT2D eigenvalue weighted by atomic mass is 32.2. The van der Waals surface area contributed by atoms with Gasteiger partial charge in [-0.3, -0.25) is 0 Å². The molecule has 0 bridgehead atoms. The Morgan fingerprint density at radius 3 is 2.58 bits per heavy atom. The Kier molecular flexibility index (Phi) is 4.71. The molecule has 0 radical (unpaired) electrons. The highest BCUT2D eigenvalue weighted by molar-refractivity contribution is 7.98. The Morgan fingerprint density at radius 2 is 1.88 bits per heavy atom. The number of benzene rings is 1. The second-order valence-corrected chi connectivity index (χ2v) is 6.22. The topological polar surface area (TPSA) is 78.4 Å². The molecule has 0 amide bonds. The van der Waals surface area contributed by atoms with Crippen LogP contribution in [-0.2, 0) is 10.5 Å². The van der Waals surface area contributed by atoms with Gasteiger partial charge in [0.1, 0.15) is 5.76 Å². The Morgan fingerprint density at radius 1 is 1.12 bits per heavy atom. The van der Waals surface area contributed by atoms with E-state index >= 15 is 0 Å². The molecule has 0 unspecified atom stereocenters. The van der Waals surface area contributed by atoms with Gasteiger partial charge in [0.05, 0.1) is 12.9 Å². The number of hydrogen-bond donors (Lipinski definition) is 0. The predicted octanol–water partition coefficient (Wildman–Crippen LogP) is 4.03. The van der Waals surface area contributed by atoms with E-state index in [1.54, 1.807) is 12.1 Å². The van der Waals surface area contributed by atoms with Gasteiger partial charge in [0.25, 0.3) is 5.22 Å². The van der Waals surface area contributed by atoms with Crippen molar-refractivity contribution in [2.24, 2.45) is 0 Å². The molecule has 0 spiro atoms. The highest BCUT2D eigenvalue weighted by Crippen LogP contribution is 2.27. The number of rotatable bonds is 5. The molecule has 0 aliphatic rings. The molecule has 0 saturated heterocycles. The molecule has 2 heterocycles. The van der Waals surface area contributed by atoms with Gasteiger partial charge < -0.3 is 13.6 Å². The van der Waals surface area contributed by atoms with Crippen LogP contribution in [0.2, 0.25) is 0 Å². The number of thioether (sulfide) groups is 1. The molecule has 2 aromatic heterocycles. The fourth-order valence-electron chi connectivity index (χ4n) is 2.28. The van der Waals surface area contributed by atoms with E-state index in [1.165, 1.54) is 18.9 Å². The quantitative estimate of drug-likeness (QED) is 0.511. The summed E-state index contributed by atoms with van der Waals surface area (Å²) in [6, 6.07) is 9.40. The fourth-order valence-corrected chi connectivity index (χ4v) is 2.94. The number of nitrogens with zero attached hydrogens (tertiary/aromatic N) is 2. The van der Waals surface area contributed by atoms with Gasteiger partial charge in [0, 0.05) is 5.56 Å². The van der Waals surface area contributed by atoms with Crippen LogP contribution in [0.15, 0.2) is 44.4 Å². The van der Waals surface area contributed by atoms with Crippen LogP contribution in [-0.4, -0.2) is 23.3 Å². The normalized spacial score (nSPS) is 10.8. The molecule has 0 aliphatic carbocycles. The first-order chi connectivity index (χ1) is 11.5. The maximum Gasteiger partial charge on any atom is 0.373 e. The molecule has 7 heteroatoms. The van der Waals surface area contributed by atoms with Gasteiger partial charge in [0.2, 0.25) is 11.7 Å². The van der Waals surface area contributed by atoms with Gasteiger partial charge in [-0.25, -0.2) is 4.79 Å². The third-order valence-electron chi connectivity index (χ3n) is 3.26. The maximum atomic E-state index is 11.4. The lowest BCUT2D eigenvalue weighted by atomic mass is 10.1. The molecule has 0 fully saturated rings. The van der Waals surface area contributed by atoms with Crippen LogP contribution in [0.5, 0.6) is 0 Å². The number of methoxy groups -OCH3 is 1. The summed E-state index contributed by atoms with van der Waals surface area (Å²) in [7, 11) is 1.31. The molecule has 6 nitrogen and oxygen atoms in total. The van der Waals surface area contributed by atoms with Gasteiger partial charge in [-0.05, 0) is 38.1 Å². The summed E-state index contributed by atoms with van der Waals surface area (Å²) in [5, 5.41) is 8.57. The summed E-state index contributed by atoms with van der Waals surface area (Å²) in [6.07, 6.45) is 0. The average molecular weight is 344 g/mol. The smallest absolute Gasteiger partial charge is 0.373 e. The van der Waals surface area contributed by atoms with Crippen LogP contribution in [0, 0.1) is 13.8 Å². The predicted molar refractivity (Wildman–Crippen MR) is 88.8 cm³/mol. The van der Waals surface area contributed by atoms with E-state index in [1.807, 2.05) is 26.0 Å². The number of carbonyl (C=O) groups is 1. The van der Waals surface area contributed by atoms with Crippen molar-refractivity contribution in [1.82, 2.24) is 10.2 Å². The maximum absolute atomic E-state index is 11.4. The average Bonchev–Trinajstić information content (AvgIpc) is 3.20. The molecule has 0 N–H and O–H groups in total. The van der Waals surface area contributed by atoms with Crippen LogP contribution in [0.3, 0.4) is 0 Å². The molecular formula is C17H16N2O4S. The van der Waals surface area contributed by atoms with Crippen LogP contribution in [0.1, 0.15) is 27.4 Å². The zero-order valence-electron chi connectivity index (χ0n) is 13.5. The van der Waals surface area contributed by atoms with Gasteiger partial charge >= 0.3 is 5.97 Å². The Balaban J connectivity index is 1.68. The Labute approximate surface area is 143 Å². The van der Waals surface area contributed by atoms with Crippen molar-refractivity contribution in [3.8, 4) is 11.5 Å². The van der Waals surface area contributed by atoms with E-state index in [4.69, 9.17) is 8.83 Å². The number of carbonyl (C=O) groups excluding carboxylic acids is 1. The van der Waals surface area contributed by atoms with Crippen LogP contribution < -0.4 is 0 Å². The number of hydrogen-bond acceptors (Lipinski definition) is 7. The molecule has 1 aromatic carbocycles. The Hall–Kier alpha value is -2.54. The SMILES string of the molecule is COC(=O)c1ccc(CSc2nnc(-c3cc(C)cc(C)c3)o2)o1. The monoisotopic (exact) mass is 344 g/mol. The van der Waals surface area contributed by atoms with Crippen LogP contribution >= 0.6 is 11.8 Å². The van der Waals surface area contributed by atoms with E-state index in [0.717, 1.165) is 16.7 Å². The molecular weight excluding hydrogens is 328 g/mol. The first-order valence-electron chi connectivity index (χ1n) is 7.27. The molecule has 124 valence electrons. The van der Waals surface area contributed by atoms with E-state index in [-0.39, 0.29) is 5.76 Å². The standard InChI is InChI=1S/C17H16N2O4S/c1-10-6-11(2)8-12(7-10)15-18-19-17(23-15)24-9-13-4-5-14(22-13)16(20)21-3/h4-8H,9H2,1-3H3. The first kappa shape index (κ1) is 16.3. The van der Waals surface area contributed by atoms with Crippen LogP contribution in [0.4, 0.5) is 0 Å². The van der Waals surface area contributed by atoms with Gasteiger partial charge in [-0.2, -0.15) is 0 Å². The summed E-state index contributed by atoms with van der Waals surface area (Å²) in [5.41, 5.74) is 3.18. The summed E-state index contributed by atoms with van der Waals surface area (Å²) in [5.74, 6) is 1.27. The highest BCUT2D eigenvalue weighted by Gasteiger charge is 2.14. The van der Waals surface area contributed by atoms with Crippen molar-refractivity contribution in [2.45, 2.75) is 24.8 Å². The van der Waals surface area contributed by atoms with Gasteiger partial charge in [-0.1, -0.05) is 29.0 Å². The van der Waals surface area contributed by atoms with Crippen molar-refractivity contribution in [1.29, 1.82) is 0 Å². The van der Waals surface area contributed by atoms with E-state index < -0.39 is 5.97 Å². The fraction of sp³-hybridized carbons (Fsp3) is 0.235. The molecule has 24 heavy (non-hydrogen) atoms. The number of ether oxygens (including phenoxy) is 1. The summed E-state index contributed by atoms with van der Waals surface area (Å²) >= 11 is 1.34. The second-order valence-electron chi connectivity index (χ2n) is 5.30. The van der Waals surface area contributed by atoms with Crippen molar-refractivity contribution >= 4 is 17.7 Å². The van der Waals surface area contributed by atoms with Crippen molar-refractivity contribution in [2.75, 3.05) is 7.11 Å². The minimum atomic E-state index is -0.499. The van der Waals surface area contributed by atoms with E-state index in [2.05, 4.69) is 21.0 Å². The minimum absolute atomic E-state index is 0.176. The first-order valence-corrected chi connectivity index (χ1v) is 8.25. The molecule has 0 saturated carbocycles. The second kappa shape index (κ2) is 6.92. The number of furan rings is 1. The Bertz CT molecular complexity index is 849. The summed E-state index contributed by atoms with van der Waals surface area (Å²) in [4.78, 5) is 11.4. The van der Waals surface area contributed by atoms with E-state index in [0.29, 0.717) is 22.6 Å². The zero-order chi connectivity index (χ0) is 17.1. The van der Waals surface area contributed by atoms with Crippen molar-refractivity contribution in [3.05, 3.63) is 53.0 Å². The minimum Gasteiger partial charge on any atom is -0.463 e. The van der Waals surface area contributed by atoms with Crippen molar-refractivity contribution in [3.63, 3.8) is 0 Å². The van der Waals surface area contributed by atoms with Crippen molar-refractivity contribution < 1.29 is 18.4 Å². The number of aromatic nitrogens is 2. The lowest BCUT2D eigenvalue weighted by Crippen LogP contribution is -1.98. The third-order valence-corrected chi connectivity index (χ3v) is 4.10. The molecule has 0 aliphatic heterocycles. The summed E-state index contributed by atoms with van der Waals surface area (Å²) in [6.45, 7) is 4.05. The molecule has 3 rings (SSSR count). The summed E-state index contributed by atoms with van der Waals surface area (Å²) < 4.78 is 15.7. The number of aryl methyl sites for hydroxylation is 2. The van der Waals surface area contributed by atoms with E-state index in [9.17, 15) is 4.79 Å². The lowest BCUT2D eigenvalue weighted by molar-refractivity contribution is 0.0563. The largest absolute Gasteiger partial charge is 0.463 e. The number of esters is 1. The molecule has 3 aromatic rings. The third kappa shape index (κ3) is 3.68.